The van der Waals surface area contributed by atoms with Gasteiger partial charge in [0.1, 0.15) is 0 Å². The SMILES string of the molecule is ClCCCCNC1CCOC1. The quantitative estimate of drug-likeness (QED) is 0.506. The van der Waals surface area contributed by atoms with Gasteiger partial charge in [-0.2, -0.15) is 0 Å². The molecule has 1 aliphatic rings. The van der Waals surface area contributed by atoms with Crippen molar-refractivity contribution >= 4 is 11.6 Å². The second-order valence-corrected chi connectivity index (χ2v) is 3.29. The van der Waals surface area contributed by atoms with Gasteiger partial charge in [-0.25, -0.2) is 0 Å². The van der Waals surface area contributed by atoms with Crippen molar-refractivity contribution in [3.8, 4) is 0 Å². The molecule has 1 N–H and O–H groups in total. The lowest BCUT2D eigenvalue weighted by Crippen LogP contribution is -2.29. The molecule has 0 bridgehead atoms. The van der Waals surface area contributed by atoms with Crippen LogP contribution in [0, 0.1) is 0 Å². The van der Waals surface area contributed by atoms with E-state index in [-0.39, 0.29) is 0 Å². The van der Waals surface area contributed by atoms with E-state index in [1.807, 2.05) is 0 Å². The van der Waals surface area contributed by atoms with Gasteiger partial charge in [-0.15, -0.1) is 11.6 Å². The normalized spacial score (nSPS) is 24.3. The number of ether oxygens (including phenoxy) is 1. The minimum absolute atomic E-state index is 0.602. The Bertz CT molecular complexity index is 94.1. The summed E-state index contributed by atoms with van der Waals surface area (Å²) in [4.78, 5) is 0. The molecule has 0 saturated carbocycles. The Morgan fingerprint density at radius 2 is 2.36 bits per heavy atom. The lowest BCUT2D eigenvalue weighted by Gasteiger charge is -2.08. The predicted octanol–water partition coefficient (Wildman–Crippen LogP) is 1.38. The van der Waals surface area contributed by atoms with Crippen LogP contribution in [0.4, 0.5) is 0 Å². The number of alkyl halides is 1. The Morgan fingerprint density at radius 1 is 1.45 bits per heavy atom. The zero-order valence-corrected chi connectivity index (χ0v) is 7.57. The highest BCUT2D eigenvalue weighted by Crippen LogP contribution is 2.03. The second kappa shape index (κ2) is 5.81. The summed E-state index contributed by atoms with van der Waals surface area (Å²) < 4.78 is 5.23. The summed E-state index contributed by atoms with van der Waals surface area (Å²) in [7, 11) is 0. The molecule has 1 aliphatic heterocycles. The fourth-order valence-electron chi connectivity index (χ4n) is 1.22. The van der Waals surface area contributed by atoms with Crippen molar-refractivity contribution in [3.05, 3.63) is 0 Å². The second-order valence-electron chi connectivity index (χ2n) is 2.91. The third-order valence-electron chi connectivity index (χ3n) is 1.92. The first-order valence-electron chi connectivity index (χ1n) is 4.30. The average molecular weight is 178 g/mol. The van der Waals surface area contributed by atoms with Gasteiger partial charge in [-0.05, 0) is 25.8 Å². The van der Waals surface area contributed by atoms with Crippen molar-refractivity contribution < 1.29 is 4.74 Å². The molecule has 1 heterocycles. The fraction of sp³-hybridized carbons (Fsp3) is 1.00. The van der Waals surface area contributed by atoms with Gasteiger partial charge in [0.2, 0.25) is 0 Å². The highest BCUT2D eigenvalue weighted by molar-refractivity contribution is 6.17. The van der Waals surface area contributed by atoms with E-state index in [4.69, 9.17) is 16.3 Å². The average Bonchev–Trinajstić information content (AvgIpc) is 2.50. The Morgan fingerprint density at radius 3 is 3.00 bits per heavy atom. The van der Waals surface area contributed by atoms with Crippen molar-refractivity contribution in [2.24, 2.45) is 0 Å². The Balaban J connectivity index is 1.86. The van der Waals surface area contributed by atoms with Crippen LogP contribution in [0.25, 0.3) is 0 Å². The van der Waals surface area contributed by atoms with Crippen molar-refractivity contribution in [3.63, 3.8) is 0 Å². The number of rotatable bonds is 5. The van der Waals surface area contributed by atoms with Gasteiger partial charge in [-0.3, -0.25) is 0 Å². The van der Waals surface area contributed by atoms with E-state index in [2.05, 4.69) is 5.32 Å². The molecule has 0 aromatic rings. The Hall–Kier alpha value is 0.210. The first-order valence-corrected chi connectivity index (χ1v) is 4.84. The molecule has 0 amide bonds. The first-order chi connectivity index (χ1) is 5.43. The van der Waals surface area contributed by atoms with Crippen molar-refractivity contribution in [2.75, 3.05) is 25.6 Å². The van der Waals surface area contributed by atoms with Crippen LogP contribution in [0.3, 0.4) is 0 Å². The molecule has 0 aromatic carbocycles. The van der Waals surface area contributed by atoms with Gasteiger partial charge in [0, 0.05) is 18.5 Å². The van der Waals surface area contributed by atoms with Crippen molar-refractivity contribution in [2.45, 2.75) is 25.3 Å². The number of nitrogens with one attached hydrogen (secondary N) is 1. The lowest BCUT2D eigenvalue weighted by molar-refractivity contribution is 0.190. The van der Waals surface area contributed by atoms with Crippen LogP contribution in [0.2, 0.25) is 0 Å². The summed E-state index contributed by atoms with van der Waals surface area (Å²) in [5.74, 6) is 0.781. The minimum atomic E-state index is 0.602. The lowest BCUT2D eigenvalue weighted by atomic mass is 10.2. The van der Waals surface area contributed by atoms with E-state index in [1.54, 1.807) is 0 Å². The summed E-state index contributed by atoms with van der Waals surface area (Å²) in [5.41, 5.74) is 0. The van der Waals surface area contributed by atoms with Gasteiger partial charge >= 0.3 is 0 Å². The third kappa shape index (κ3) is 3.94. The van der Waals surface area contributed by atoms with Crippen LogP contribution in [0.1, 0.15) is 19.3 Å². The van der Waals surface area contributed by atoms with E-state index in [1.165, 1.54) is 12.8 Å². The molecule has 0 aliphatic carbocycles. The Kier molecular flexibility index (Phi) is 4.91. The molecule has 1 unspecified atom stereocenters. The summed E-state index contributed by atoms with van der Waals surface area (Å²) in [6.07, 6.45) is 3.46. The van der Waals surface area contributed by atoms with Crippen LogP contribution in [-0.4, -0.2) is 31.7 Å². The molecule has 0 radical (unpaired) electrons. The fourth-order valence-corrected chi connectivity index (χ4v) is 1.41. The standard InChI is InChI=1S/C8H16ClNO/c9-4-1-2-5-10-8-3-6-11-7-8/h8,10H,1-7H2. The molecule has 1 atom stereocenters. The highest BCUT2D eigenvalue weighted by atomic mass is 35.5. The monoisotopic (exact) mass is 177 g/mol. The number of hydrogen-bond donors (Lipinski definition) is 1. The van der Waals surface area contributed by atoms with E-state index in [0.717, 1.165) is 32.1 Å². The largest absolute Gasteiger partial charge is 0.380 e. The zero-order chi connectivity index (χ0) is 7.94. The molecular weight excluding hydrogens is 162 g/mol. The van der Waals surface area contributed by atoms with E-state index >= 15 is 0 Å². The molecule has 3 heteroatoms. The number of halogens is 1. The summed E-state index contributed by atoms with van der Waals surface area (Å²) in [6, 6.07) is 0.602. The molecule has 1 saturated heterocycles. The predicted molar refractivity (Wildman–Crippen MR) is 47.2 cm³/mol. The summed E-state index contributed by atoms with van der Waals surface area (Å²) >= 11 is 5.54. The molecule has 0 spiro atoms. The molecule has 11 heavy (non-hydrogen) atoms. The van der Waals surface area contributed by atoms with Crippen LogP contribution in [0.5, 0.6) is 0 Å². The Labute approximate surface area is 73.3 Å². The van der Waals surface area contributed by atoms with Crippen LogP contribution < -0.4 is 5.32 Å². The number of hydrogen-bond acceptors (Lipinski definition) is 2. The topological polar surface area (TPSA) is 21.3 Å². The molecule has 1 rings (SSSR count). The smallest absolute Gasteiger partial charge is 0.0620 e. The van der Waals surface area contributed by atoms with Gasteiger partial charge in [0.05, 0.1) is 6.61 Å². The molecule has 0 aromatic heterocycles. The molecule has 1 fully saturated rings. The van der Waals surface area contributed by atoms with Gasteiger partial charge in [0.25, 0.3) is 0 Å². The van der Waals surface area contributed by atoms with Gasteiger partial charge in [-0.1, -0.05) is 0 Å². The zero-order valence-electron chi connectivity index (χ0n) is 6.81. The van der Waals surface area contributed by atoms with E-state index < -0.39 is 0 Å². The maximum atomic E-state index is 5.54. The highest BCUT2D eigenvalue weighted by Gasteiger charge is 2.13. The number of unbranched alkanes of at least 4 members (excludes halogenated alkanes) is 1. The van der Waals surface area contributed by atoms with Gasteiger partial charge in [0.15, 0.2) is 0 Å². The summed E-state index contributed by atoms with van der Waals surface area (Å²) in [5, 5.41) is 3.43. The van der Waals surface area contributed by atoms with Crippen molar-refractivity contribution in [1.82, 2.24) is 5.32 Å². The first kappa shape index (κ1) is 9.30. The van der Waals surface area contributed by atoms with Crippen LogP contribution in [0.15, 0.2) is 0 Å². The summed E-state index contributed by atoms with van der Waals surface area (Å²) in [6.45, 7) is 2.90. The maximum absolute atomic E-state index is 5.54. The van der Waals surface area contributed by atoms with E-state index in [0.29, 0.717) is 6.04 Å². The van der Waals surface area contributed by atoms with Crippen LogP contribution in [-0.2, 0) is 4.74 Å². The van der Waals surface area contributed by atoms with Crippen LogP contribution >= 0.6 is 11.6 Å². The van der Waals surface area contributed by atoms with Gasteiger partial charge < -0.3 is 10.1 Å². The molecular formula is C8H16ClNO. The van der Waals surface area contributed by atoms with Crippen molar-refractivity contribution in [1.29, 1.82) is 0 Å². The maximum Gasteiger partial charge on any atom is 0.0620 e. The minimum Gasteiger partial charge on any atom is -0.380 e. The van der Waals surface area contributed by atoms with E-state index in [9.17, 15) is 0 Å². The molecule has 66 valence electrons. The third-order valence-corrected chi connectivity index (χ3v) is 2.19. The molecule has 2 nitrogen and oxygen atoms in total.